The van der Waals surface area contributed by atoms with Crippen LogP contribution in [0.2, 0.25) is 0 Å². The van der Waals surface area contributed by atoms with E-state index >= 15 is 0 Å². The molecule has 0 saturated carbocycles. The molecular weight excluding hydrogens is 286 g/mol. The van der Waals surface area contributed by atoms with Crippen molar-refractivity contribution in [2.45, 2.75) is 6.92 Å². The van der Waals surface area contributed by atoms with Gasteiger partial charge in [-0.25, -0.2) is 9.78 Å². The van der Waals surface area contributed by atoms with Crippen molar-refractivity contribution in [1.82, 2.24) is 9.55 Å². The largest absolute Gasteiger partial charge is 0.465 e. The zero-order chi connectivity index (χ0) is 15.1. The Morgan fingerprint density at radius 2 is 2.19 bits per heavy atom. The lowest BCUT2D eigenvalue weighted by molar-refractivity contribution is 0.0605. The normalized spacial score (nSPS) is 11.0. The predicted molar refractivity (Wildman–Crippen MR) is 84.5 cm³/mol. The quantitative estimate of drug-likeness (QED) is 0.583. The summed E-state index contributed by atoms with van der Waals surface area (Å²) in [6.07, 6.45) is 1.97. The van der Waals surface area contributed by atoms with Crippen molar-refractivity contribution >= 4 is 33.9 Å². The number of aromatic nitrogens is 2. The van der Waals surface area contributed by atoms with Crippen LogP contribution in [0.5, 0.6) is 0 Å². The molecule has 1 aromatic carbocycles. The number of aryl methyl sites for hydroxylation is 2. The Balaban J connectivity index is 2.15. The summed E-state index contributed by atoms with van der Waals surface area (Å²) in [5, 5.41) is 1.82. The third kappa shape index (κ3) is 2.17. The van der Waals surface area contributed by atoms with Crippen LogP contribution in [-0.2, 0) is 11.8 Å². The molecule has 21 heavy (non-hydrogen) atoms. The molecule has 3 rings (SSSR count). The van der Waals surface area contributed by atoms with Gasteiger partial charge in [-0.1, -0.05) is 0 Å². The van der Waals surface area contributed by atoms with Crippen molar-refractivity contribution in [1.29, 1.82) is 0 Å². The van der Waals surface area contributed by atoms with Crippen LogP contribution in [0, 0.1) is 6.92 Å². The Morgan fingerprint density at radius 3 is 2.90 bits per heavy atom. The van der Waals surface area contributed by atoms with Gasteiger partial charge < -0.3 is 15.0 Å². The molecule has 0 saturated heterocycles. The summed E-state index contributed by atoms with van der Waals surface area (Å²) in [6, 6.07) is 5.93. The van der Waals surface area contributed by atoms with Gasteiger partial charge in [0.05, 0.1) is 24.0 Å². The second-order valence-corrected chi connectivity index (χ2v) is 5.85. The fraction of sp³-hybridized carbons (Fsp3) is 0.200. The maximum absolute atomic E-state index is 11.7. The van der Waals surface area contributed by atoms with Gasteiger partial charge in [0, 0.05) is 24.2 Å². The Morgan fingerprint density at radius 1 is 1.43 bits per heavy atom. The van der Waals surface area contributed by atoms with Crippen LogP contribution in [0.1, 0.15) is 15.4 Å². The molecule has 0 atom stereocenters. The van der Waals surface area contributed by atoms with Gasteiger partial charge in [-0.2, -0.15) is 0 Å². The Labute approximate surface area is 126 Å². The van der Waals surface area contributed by atoms with E-state index in [-0.39, 0.29) is 5.97 Å². The minimum absolute atomic E-state index is 0.356. The Bertz CT molecular complexity index is 848. The fourth-order valence-electron chi connectivity index (χ4n) is 2.41. The molecule has 0 fully saturated rings. The molecular formula is C15H15N3O2S. The highest BCUT2D eigenvalue weighted by Gasteiger charge is 2.17. The van der Waals surface area contributed by atoms with Crippen molar-refractivity contribution < 1.29 is 9.53 Å². The average Bonchev–Trinajstić information content (AvgIpc) is 3.02. The van der Waals surface area contributed by atoms with Crippen LogP contribution in [0.25, 0.3) is 21.5 Å². The van der Waals surface area contributed by atoms with Gasteiger partial charge in [-0.3, -0.25) is 0 Å². The zero-order valence-electron chi connectivity index (χ0n) is 12.0. The minimum atomic E-state index is -0.356. The van der Waals surface area contributed by atoms with Crippen molar-refractivity contribution in [2.24, 2.45) is 7.05 Å². The highest BCUT2D eigenvalue weighted by Crippen LogP contribution is 2.33. The zero-order valence-corrected chi connectivity index (χ0v) is 12.8. The molecule has 108 valence electrons. The number of fused-ring (bicyclic) bond motifs is 1. The lowest BCUT2D eigenvalue weighted by atomic mass is 10.1. The number of esters is 1. The standard InChI is InChI=1S/C15H15N3O2S/c1-8-13(15(19)20-3)21-14(17-8)10-6-9-4-5-18(2)12(9)11(16)7-10/h4-7H,16H2,1-3H3. The molecule has 0 amide bonds. The van der Waals surface area contributed by atoms with Crippen LogP contribution < -0.4 is 5.73 Å². The second kappa shape index (κ2) is 4.89. The van der Waals surface area contributed by atoms with Crippen LogP contribution in [0.3, 0.4) is 0 Å². The first-order valence-corrected chi connectivity index (χ1v) is 7.23. The van der Waals surface area contributed by atoms with Gasteiger partial charge in [-0.15, -0.1) is 11.3 Å². The monoisotopic (exact) mass is 301 g/mol. The number of anilines is 1. The highest BCUT2D eigenvalue weighted by molar-refractivity contribution is 7.17. The number of nitrogen functional groups attached to an aromatic ring is 1. The fourth-order valence-corrected chi connectivity index (χ4v) is 3.38. The van der Waals surface area contributed by atoms with E-state index in [9.17, 15) is 4.79 Å². The molecule has 2 aromatic heterocycles. The van der Waals surface area contributed by atoms with Crippen molar-refractivity contribution in [3.05, 3.63) is 35.0 Å². The van der Waals surface area contributed by atoms with E-state index in [2.05, 4.69) is 4.98 Å². The number of rotatable bonds is 2. The Hall–Kier alpha value is -2.34. The molecule has 2 N–H and O–H groups in total. The van der Waals surface area contributed by atoms with E-state index in [1.807, 2.05) is 36.0 Å². The summed E-state index contributed by atoms with van der Waals surface area (Å²) in [6.45, 7) is 1.80. The number of benzene rings is 1. The second-order valence-electron chi connectivity index (χ2n) is 4.86. The van der Waals surface area contributed by atoms with Gasteiger partial charge in [0.1, 0.15) is 9.88 Å². The third-order valence-corrected chi connectivity index (χ3v) is 4.60. The van der Waals surface area contributed by atoms with Crippen LogP contribution in [0.15, 0.2) is 24.4 Å². The average molecular weight is 301 g/mol. The number of hydrogen-bond donors (Lipinski definition) is 1. The maximum atomic E-state index is 11.7. The molecule has 0 unspecified atom stereocenters. The molecule has 0 bridgehead atoms. The van der Waals surface area contributed by atoms with Gasteiger partial charge in [0.2, 0.25) is 0 Å². The van der Waals surface area contributed by atoms with E-state index in [0.29, 0.717) is 16.3 Å². The summed E-state index contributed by atoms with van der Waals surface area (Å²) in [7, 11) is 3.33. The molecule has 6 heteroatoms. The number of nitrogens with zero attached hydrogens (tertiary/aromatic N) is 2. The SMILES string of the molecule is COC(=O)c1sc(-c2cc(N)c3c(ccn3C)c2)nc1C. The molecule has 2 heterocycles. The molecule has 0 spiro atoms. The van der Waals surface area contributed by atoms with Gasteiger partial charge in [0.25, 0.3) is 0 Å². The van der Waals surface area contributed by atoms with Crippen LogP contribution in [0.4, 0.5) is 5.69 Å². The summed E-state index contributed by atoms with van der Waals surface area (Å²) < 4.78 is 6.75. The Kier molecular flexibility index (Phi) is 3.17. The number of carbonyl (C=O) groups excluding carboxylic acids is 1. The molecule has 3 aromatic rings. The summed E-state index contributed by atoms with van der Waals surface area (Å²) in [4.78, 5) is 16.7. The van der Waals surface area contributed by atoms with Gasteiger partial charge in [0.15, 0.2) is 0 Å². The smallest absolute Gasteiger partial charge is 0.349 e. The van der Waals surface area contributed by atoms with E-state index in [0.717, 1.165) is 21.5 Å². The number of methoxy groups -OCH3 is 1. The number of nitrogens with two attached hydrogens (primary N) is 1. The van der Waals surface area contributed by atoms with Crippen molar-refractivity contribution in [3.63, 3.8) is 0 Å². The van der Waals surface area contributed by atoms with E-state index in [4.69, 9.17) is 10.5 Å². The number of carbonyl (C=O) groups is 1. The first-order valence-electron chi connectivity index (χ1n) is 6.42. The molecule has 5 nitrogen and oxygen atoms in total. The van der Waals surface area contributed by atoms with E-state index in [1.54, 1.807) is 6.92 Å². The maximum Gasteiger partial charge on any atom is 0.349 e. The van der Waals surface area contributed by atoms with Crippen LogP contribution >= 0.6 is 11.3 Å². The number of thiazole rings is 1. The molecule has 0 radical (unpaired) electrons. The van der Waals surface area contributed by atoms with E-state index < -0.39 is 0 Å². The lowest BCUT2D eigenvalue weighted by Crippen LogP contribution is -1.99. The van der Waals surface area contributed by atoms with Gasteiger partial charge in [-0.05, 0) is 25.1 Å². The molecule has 0 aliphatic carbocycles. The summed E-state index contributed by atoms with van der Waals surface area (Å²) in [5.41, 5.74) is 9.42. The van der Waals surface area contributed by atoms with Crippen molar-refractivity contribution in [2.75, 3.05) is 12.8 Å². The first kappa shape index (κ1) is 13.6. The first-order chi connectivity index (χ1) is 10.0. The van der Waals surface area contributed by atoms with Crippen LogP contribution in [-0.4, -0.2) is 22.6 Å². The number of ether oxygens (including phenoxy) is 1. The number of hydrogen-bond acceptors (Lipinski definition) is 5. The minimum Gasteiger partial charge on any atom is -0.465 e. The summed E-state index contributed by atoms with van der Waals surface area (Å²) >= 11 is 1.32. The lowest BCUT2D eigenvalue weighted by Gasteiger charge is -2.04. The molecule has 0 aliphatic rings. The topological polar surface area (TPSA) is 70.1 Å². The highest BCUT2D eigenvalue weighted by atomic mass is 32.1. The van der Waals surface area contributed by atoms with Gasteiger partial charge >= 0.3 is 5.97 Å². The van der Waals surface area contributed by atoms with E-state index in [1.165, 1.54) is 18.4 Å². The van der Waals surface area contributed by atoms with Crippen molar-refractivity contribution in [3.8, 4) is 10.6 Å². The summed E-state index contributed by atoms with van der Waals surface area (Å²) in [5.74, 6) is -0.356. The molecule has 0 aliphatic heterocycles. The predicted octanol–water partition coefficient (Wildman–Crippen LogP) is 2.98. The third-order valence-electron chi connectivity index (χ3n) is 3.41.